The van der Waals surface area contributed by atoms with Crippen molar-refractivity contribution in [2.75, 3.05) is 0 Å². The number of hydrogen-bond donors (Lipinski definition) is 0. The summed E-state index contributed by atoms with van der Waals surface area (Å²) in [6.45, 7) is 8.65. The normalized spacial score (nSPS) is 33.9. The Balaban J connectivity index is 1.77. The summed E-state index contributed by atoms with van der Waals surface area (Å²) in [7, 11) is 0. The third-order valence-corrected chi connectivity index (χ3v) is 5.41. The number of esters is 1. The lowest BCUT2D eigenvalue weighted by atomic mass is 9.67. The Morgan fingerprint density at radius 1 is 1.19 bits per heavy atom. The molecule has 3 heteroatoms. The first-order valence-corrected chi connectivity index (χ1v) is 8.77. The van der Waals surface area contributed by atoms with Gasteiger partial charge < -0.3 is 9.47 Å². The SMILES string of the molecule is CCCCCCCC(=O)O[C@@H]1C[C@@H]2CC[C@@]1(C)OC2(C)C. The van der Waals surface area contributed by atoms with E-state index in [9.17, 15) is 4.79 Å². The van der Waals surface area contributed by atoms with Crippen molar-refractivity contribution in [3.8, 4) is 0 Å². The van der Waals surface area contributed by atoms with E-state index in [0.29, 0.717) is 12.3 Å². The molecule has 3 fully saturated rings. The predicted molar refractivity (Wildman–Crippen MR) is 84.2 cm³/mol. The molecule has 3 atom stereocenters. The van der Waals surface area contributed by atoms with Gasteiger partial charge in [-0.3, -0.25) is 4.79 Å². The van der Waals surface area contributed by atoms with Crippen molar-refractivity contribution in [2.24, 2.45) is 5.92 Å². The Bertz CT molecular complexity index is 363. The summed E-state index contributed by atoms with van der Waals surface area (Å²) >= 11 is 0. The third-order valence-electron chi connectivity index (χ3n) is 5.41. The number of rotatable bonds is 7. The first-order valence-electron chi connectivity index (χ1n) is 8.77. The molecule has 2 aliphatic heterocycles. The Hall–Kier alpha value is -0.570. The van der Waals surface area contributed by atoms with Crippen molar-refractivity contribution in [3.05, 3.63) is 0 Å². The lowest BCUT2D eigenvalue weighted by molar-refractivity contribution is -0.278. The molecular formula is C18H32O3. The van der Waals surface area contributed by atoms with Gasteiger partial charge in [-0.15, -0.1) is 0 Å². The van der Waals surface area contributed by atoms with Crippen LogP contribution in [0.2, 0.25) is 0 Å². The fraction of sp³-hybridized carbons (Fsp3) is 0.944. The second-order valence-electron chi connectivity index (χ2n) is 7.63. The molecule has 0 unspecified atom stereocenters. The van der Waals surface area contributed by atoms with Crippen LogP contribution in [0.1, 0.15) is 85.5 Å². The highest BCUT2D eigenvalue weighted by Crippen LogP contribution is 2.50. The Kier molecular flexibility index (Phi) is 5.34. The molecule has 1 aliphatic carbocycles. The zero-order valence-electron chi connectivity index (χ0n) is 14.2. The summed E-state index contributed by atoms with van der Waals surface area (Å²) in [6.07, 6.45) is 9.49. The van der Waals surface area contributed by atoms with E-state index in [-0.39, 0.29) is 23.3 Å². The molecule has 122 valence electrons. The molecule has 0 amide bonds. The lowest BCUT2D eigenvalue weighted by Crippen LogP contribution is -2.62. The minimum atomic E-state index is -0.282. The summed E-state index contributed by atoms with van der Waals surface area (Å²) in [5, 5.41) is 0. The van der Waals surface area contributed by atoms with Gasteiger partial charge in [0, 0.05) is 6.42 Å². The van der Waals surface area contributed by atoms with Crippen LogP contribution < -0.4 is 0 Å². The summed E-state index contributed by atoms with van der Waals surface area (Å²) in [5.41, 5.74) is -0.355. The van der Waals surface area contributed by atoms with Crippen molar-refractivity contribution in [3.63, 3.8) is 0 Å². The number of ether oxygens (including phenoxy) is 2. The summed E-state index contributed by atoms with van der Waals surface area (Å²) in [6, 6.07) is 0. The predicted octanol–water partition coefficient (Wildman–Crippen LogP) is 4.63. The maximum Gasteiger partial charge on any atom is 0.306 e. The van der Waals surface area contributed by atoms with Gasteiger partial charge in [-0.2, -0.15) is 0 Å². The summed E-state index contributed by atoms with van der Waals surface area (Å²) in [5.74, 6) is 0.480. The second kappa shape index (κ2) is 6.68. The van der Waals surface area contributed by atoms with E-state index in [1.165, 1.54) is 25.7 Å². The number of fused-ring (bicyclic) bond motifs is 3. The Morgan fingerprint density at radius 2 is 1.90 bits per heavy atom. The van der Waals surface area contributed by atoms with E-state index >= 15 is 0 Å². The van der Waals surface area contributed by atoms with Crippen LogP contribution in [0.4, 0.5) is 0 Å². The largest absolute Gasteiger partial charge is 0.459 e. The van der Waals surface area contributed by atoms with E-state index in [1.54, 1.807) is 0 Å². The maximum atomic E-state index is 12.0. The minimum absolute atomic E-state index is 0.0355. The fourth-order valence-electron chi connectivity index (χ4n) is 3.94. The van der Waals surface area contributed by atoms with Gasteiger partial charge in [0.05, 0.1) is 5.60 Å². The lowest BCUT2D eigenvalue weighted by Gasteiger charge is -2.57. The molecule has 0 spiro atoms. The van der Waals surface area contributed by atoms with Crippen LogP contribution in [0.5, 0.6) is 0 Å². The average Bonchev–Trinajstić information content (AvgIpc) is 2.39. The molecule has 0 N–H and O–H groups in total. The first-order chi connectivity index (χ1) is 9.87. The molecule has 3 nitrogen and oxygen atoms in total. The standard InChI is InChI=1S/C18H32O3/c1-5-6-7-8-9-10-16(19)20-15-13-14-11-12-18(15,4)21-17(14,2)3/h14-15H,5-13H2,1-4H3/t14-,15+,18+/m0/s1. The van der Waals surface area contributed by atoms with Gasteiger partial charge in [-0.05, 0) is 52.4 Å². The van der Waals surface area contributed by atoms with Gasteiger partial charge in [-0.1, -0.05) is 32.6 Å². The van der Waals surface area contributed by atoms with Gasteiger partial charge in [0.15, 0.2) is 0 Å². The highest BCUT2D eigenvalue weighted by molar-refractivity contribution is 5.69. The molecule has 1 saturated carbocycles. The first kappa shape index (κ1) is 16.8. The van der Waals surface area contributed by atoms with Crippen molar-refractivity contribution < 1.29 is 14.3 Å². The van der Waals surface area contributed by atoms with Crippen LogP contribution in [0, 0.1) is 5.92 Å². The highest BCUT2D eigenvalue weighted by Gasteiger charge is 2.55. The molecule has 0 aromatic rings. The van der Waals surface area contributed by atoms with Crippen LogP contribution in [0.3, 0.4) is 0 Å². The van der Waals surface area contributed by atoms with E-state index in [4.69, 9.17) is 9.47 Å². The highest BCUT2D eigenvalue weighted by atomic mass is 16.6. The van der Waals surface area contributed by atoms with Crippen LogP contribution in [-0.4, -0.2) is 23.3 Å². The maximum absolute atomic E-state index is 12.0. The number of hydrogen-bond acceptors (Lipinski definition) is 3. The monoisotopic (exact) mass is 296 g/mol. The van der Waals surface area contributed by atoms with E-state index < -0.39 is 0 Å². The molecule has 2 heterocycles. The summed E-state index contributed by atoms with van der Waals surface area (Å²) < 4.78 is 12.0. The van der Waals surface area contributed by atoms with Gasteiger partial charge in [0.2, 0.25) is 0 Å². The van der Waals surface area contributed by atoms with Crippen LogP contribution in [-0.2, 0) is 14.3 Å². The molecule has 21 heavy (non-hydrogen) atoms. The fourth-order valence-corrected chi connectivity index (χ4v) is 3.94. The van der Waals surface area contributed by atoms with Crippen molar-refractivity contribution in [2.45, 2.75) is 103 Å². The molecule has 3 aliphatic rings. The topological polar surface area (TPSA) is 35.5 Å². The Morgan fingerprint density at radius 3 is 2.52 bits per heavy atom. The number of unbranched alkanes of at least 4 members (excludes halogenated alkanes) is 4. The summed E-state index contributed by atoms with van der Waals surface area (Å²) in [4.78, 5) is 12.0. The molecular weight excluding hydrogens is 264 g/mol. The average molecular weight is 296 g/mol. The van der Waals surface area contributed by atoms with Gasteiger partial charge >= 0.3 is 5.97 Å². The molecule has 3 rings (SSSR count). The smallest absolute Gasteiger partial charge is 0.306 e. The molecule has 2 bridgehead atoms. The number of carbonyl (C=O) groups excluding carboxylic acids is 1. The van der Waals surface area contributed by atoms with E-state index in [2.05, 4.69) is 27.7 Å². The van der Waals surface area contributed by atoms with Crippen molar-refractivity contribution in [1.82, 2.24) is 0 Å². The number of carbonyl (C=O) groups is 1. The van der Waals surface area contributed by atoms with Crippen molar-refractivity contribution >= 4 is 5.97 Å². The van der Waals surface area contributed by atoms with Crippen LogP contribution in [0.15, 0.2) is 0 Å². The second-order valence-corrected chi connectivity index (χ2v) is 7.63. The molecule has 0 aromatic carbocycles. The van der Waals surface area contributed by atoms with E-state index in [1.807, 2.05) is 0 Å². The zero-order valence-corrected chi connectivity index (χ0v) is 14.2. The molecule has 2 saturated heterocycles. The quantitative estimate of drug-likeness (QED) is 0.507. The zero-order chi connectivity index (χ0) is 15.5. The van der Waals surface area contributed by atoms with Gasteiger partial charge in [-0.25, -0.2) is 0 Å². The van der Waals surface area contributed by atoms with Crippen LogP contribution in [0.25, 0.3) is 0 Å². The molecule has 0 radical (unpaired) electrons. The Labute approximate surface area is 129 Å². The third kappa shape index (κ3) is 4.00. The van der Waals surface area contributed by atoms with Gasteiger partial charge in [0.25, 0.3) is 0 Å². The van der Waals surface area contributed by atoms with E-state index in [0.717, 1.165) is 25.7 Å². The van der Waals surface area contributed by atoms with Crippen LogP contribution >= 0.6 is 0 Å². The minimum Gasteiger partial charge on any atom is -0.459 e. The van der Waals surface area contributed by atoms with Gasteiger partial charge in [0.1, 0.15) is 11.7 Å². The van der Waals surface area contributed by atoms with Crippen molar-refractivity contribution in [1.29, 1.82) is 0 Å². The molecule has 0 aromatic heterocycles.